The molecule has 2 aliphatic heterocycles. The molecule has 0 radical (unpaired) electrons. The van der Waals surface area contributed by atoms with Gasteiger partial charge in [0.1, 0.15) is 11.5 Å². The van der Waals surface area contributed by atoms with Gasteiger partial charge in [-0.05, 0) is 30.4 Å². The smallest absolute Gasteiger partial charge is 0.157 e. The Hall–Kier alpha value is 0.270. The number of rotatable bonds is 0. The first-order valence-corrected chi connectivity index (χ1v) is 5.29. The van der Waals surface area contributed by atoms with Crippen molar-refractivity contribution in [3.63, 3.8) is 0 Å². The summed E-state index contributed by atoms with van der Waals surface area (Å²) in [7, 11) is 0. The zero-order chi connectivity index (χ0) is 7.03. The second-order valence-corrected chi connectivity index (χ2v) is 4.67. The highest BCUT2D eigenvalue weighted by molar-refractivity contribution is 7.93. The molecule has 1 spiro atoms. The highest BCUT2D eigenvalue weighted by Crippen LogP contribution is 2.35. The third-order valence-corrected chi connectivity index (χ3v) is 3.98. The number of hydrogen-bond donors (Lipinski definition) is 0. The first-order valence-electron chi connectivity index (χ1n) is 3.80. The zero-order valence-corrected chi connectivity index (χ0v) is 6.78. The van der Waals surface area contributed by atoms with E-state index in [2.05, 4.69) is 0 Å². The Morgan fingerprint density at radius 3 is 2.60 bits per heavy atom. The summed E-state index contributed by atoms with van der Waals surface area (Å²) in [5.74, 6) is 1.60. The molecule has 2 heterocycles. The third kappa shape index (κ3) is 1.06. The number of hydrogen-bond acceptors (Lipinski definition) is 2. The monoisotopic (exact) mass is 160 g/mol. The van der Waals surface area contributed by atoms with Crippen LogP contribution in [0.5, 0.6) is 0 Å². The minimum atomic E-state index is -0.554. The predicted molar refractivity (Wildman–Crippen MR) is 40.4 cm³/mol. The van der Waals surface area contributed by atoms with E-state index in [1.54, 1.807) is 0 Å². The average Bonchev–Trinajstić information content (AvgIpc) is 1.87. The SMILES string of the molecule is [O-][S+]1CC2(CCCCO2)C1. The maximum atomic E-state index is 10.8. The lowest BCUT2D eigenvalue weighted by atomic mass is 9.97. The molecule has 0 atom stereocenters. The lowest BCUT2D eigenvalue weighted by molar-refractivity contribution is -0.0561. The summed E-state index contributed by atoms with van der Waals surface area (Å²) in [6.07, 6.45) is 3.59. The van der Waals surface area contributed by atoms with Gasteiger partial charge in [-0.15, -0.1) is 0 Å². The van der Waals surface area contributed by atoms with Crippen molar-refractivity contribution >= 4 is 11.2 Å². The van der Waals surface area contributed by atoms with Gasteiger partial charge in [-0.3, -0.25) is 0 Å². The summed E-state index contributed by atoms with van der Waals surface area (Å²) < 4.78 is 16.4. The fraction of sp³-hybridized carbons (Fsp3) is 1.00. The highest BCUT2D eigenvalue weighted by Gasteiger charge is 2.50. The molecule has 2 aliphatic rings. The molecule has 0 aromatic rings. The molecule has 0 bridgehead atoms. The topological polar surface area (TPSA) is 32.3 Å². The summed E-state index contributed by atoms with van der Waals surface area (Å²) in [5.41, 5.74) is 0.0725. The van der Waals surface area contributed by atoms with Crippen molar-refractivity contribution in [2.75, 3.05) is 18.1 Å². The van der Waals surface area contributed by atoms with Crippen LogP contribution in [0.25, 0.3) is 0 Å². The molecule has 0 unspecified atom stereocenters. The van der Waals surface area contributed by atoms with Gasteiger partial charge in [0, 0.05) is 6.61 Å². The van der Waals surface area contributed by atoms with Crippen LogP contribution in [0.2, 0.25) is 0 Å². The Bertz CT molecular complexity index is 116. The molecular formula is C7H12O2S. The highest BCUT2D eigenvalue weighted by atomic mass is 32.2. The van der Waals surface area contributed by atoms with Gasteiger partial charge >= 0.3 is 0 Å². The molecule has 3 heteroatoms. The van der Waals surface area contributed by atoms with Crippen molar-refractivity contribution < 1.29 is 9.29 Å². The molecule has 2 rings (SSSR count). The van der Waals surface area contributed by atoms with Gasteiger partial charge in [-0.2, -0.15) is 0 Å². The molecule has 10 heavy (non-hydrogen) atoms. The van der Waals surface area contributed by atoms with Crippen LogP contribution in [0.3, 0.4) is 0 Å². The molecule has 0 N–H and O–H groups in total. The average molecular weight is 160 g/mol. The Labute approximate surface area is 64.1 Å². The van der Waals surface area contributed by atoms with Gasteiger partial charge in [0.05, 0.1) is 0 Å². The minimum Gasteiger partial charge on any atom is -0.616 e. The van der Waals surface area contributed by atoms with Crippen LogP contribution >= 0.6 is 0 Å². The Balaban J connectivity index is 1.90. The fourth-order valence-electron chi connectivity index (χ4n) is 1.68. The van der Waals surface area contributed by atoms with Gasteiger partial charge in [0.15, 0.2) is 5.60 Å². The van der Waals surface area contributed by atoms with Crippen LogP contribution in [-0.2, 0) is 15.9 Å². The van der Waals surface area contributed by atoms with Crippen molar-refractivity contribution in [2.45, 2.75) is 24.9 Å². The van der Waals surface area contributed by atoms with E-state index in [1.807, 2.05) is 0 Å². The van der Waals surface area contributed by atoms with Crippen molar-refractivity contribution in [3.8, 4) is 0 Å². The van der Waals surface area contributed by atoms with Crippen molar-refractivity contribution in [1.29, 1.82) is 0 Å². The molecule has 0 aromatic carbocycles. The summed E-state index contributed by atoms with van der Waals surface area (Å²) in [4.78, 5) is 0. The third-order valence-electron chi connectivity index (χ3n) is 2.28. The first-order chi connectivity index (χ1) is 4.81. The summed E-state index contributed by atoms with van der Waals surface area (Å²) in [6, 6.07) is 0. The molecule has 0 saturated carbocycles. The molecule has 2 fully saturated rings. The summed E-state index contributed by atoms with van der Waals surface area (Å²) >= 11 is -0.554. The summed E-state index contributed by atoms with van der Waals surface area (Å²) in [6.45, 7) is 0.886. The van der Waals surface area contributed by atoms with Gasteiger partial charge in [0.2, 0.25) is 0 Å². The Kier molecular flexibility index (Phi) is 1.66. The molecule has 58 valence electrons. The Morgan fingerprint density at radius 2 is 2.10 bits per heavy atom. The maximum Gasteiger partial charge on any atom is 0.157 e. The van der Waals surface area contributed by atoms with Crippen molar-refractivity contribution in [1.82, 2.24) is 0 Å². The first kappa shape index (κ1) is 6.95. The van der Waals surface area contributed by atoms with E-state index in [0.717, 1.165) is 24.5 Å². The van der Waals surface area contributed by atoms with Gasteiger partial charge in [0.25, 0.3) is 0 Å². The maximum absolute atomic E-state index is 10.8. The van der Waals surface area contributed by atoms with E-state index in [-0.39, 0.29) is 5.60 Å². The fourth-order valence-corrected chi connectivity index (χ4v) is 3.23. The lowest BCUT2D eigenvalue weighted by Crippen LogP contribution is -2.57. The quantitative estimate of drug-likeness (QED) is 0.488. The molecule has 0 amide bonds. The molecule has 2 nitrogen and oxygen atoms in total. The van der Waals surface area contributed by atoms with Crippen LogP contribution in [0.4, 0.5) is 0 Å². The largest absolute Gasteiger partial charge is 0.616 e. The van der Waals surface area contributed by atoms with E-state index in [0.29, 0.717) is 0 Å². The van der Waals surface area contributed by atoms with Crippen LogP contribution in [-0.4, -0.2) is 28.3 Å². The van der Waals surface area contributed by atoms with Crippen LogP contribution in [0.15, 0.2) is 0 Å². The van der Waals surface area contributed by atoms with E-state index < -0.39 is 11.2 Å². The standard InChI is InChI=1S/C7H12O2S/c8-10-5-7(6-10)3-1-2-4-9-7/h1-6H2. The van der Waals surface area contributed by atoms with Crippen molar-refractivity contribution in [3.05, 3.63) is 0 Å². The lowest BCUT2D eigenvalue weighted by Gasteiger charge is -2.43. The summed E-state index contributed by atoms with van der Waals surface area (Å²) in [5, 5.41) is 0. The second-order valence-electron chi connectivity index (χ2n) is 3.22. The van der Waals surface area contributed by atoms with Crippen LogP contribution in [0, 0.1) is 0 Å². The van der Waals surface area contributed by atoms with E-state index in [4.69, 9.17) is 4.74 Å². The van der Waals surface area contributed by atoms with E-state index >= 15 is 0 Å². The second kappa shape index (κ2) is 2.40. The van der Waals surface area contributed by atoms with E-state index in [1.165, 1.54) is 12.8 Å². The van der Waals surface area contributed by atoms with E-state index in [9.17, 15) is 4.55 Å². The van der Waals surface area contributed by atoms with Gasteiger partial charge in [-0.25, -0.2) is 0 Å². The number of ether oxygens (including phenoxy) is 1. The zero-order valence-electron chi connectivity index (χ0n) is 5.97. The predicted octanol–water partition coefficient (Wildman–Crippen LogP) is 0.688. The molecule has 0 aromatic heterocycles. The molecule has 0 aliphatic carbocycles. The van der Waals surface area contributed by atoms with Crippen LogP contribution in [0.1, 0.15) is 19.3 Å². The molecular weight excluding hydrogens is 148 g/mol. The molecule has 2 saturated heterocycles. The normalized spacial score (nSPS) is 47.1. The van der Waals surface area contributed by atoms with Gasteiger partial charge in [-0.1, -0.05) is 0 Å². The van der Waals surface area contributed by atoms with Crippen molar-refractivity contribution in [2.24, 2.45) is 0 Å². The van der Waals surface area contributed by atoms with Gasteiger partial charge < -0.3 is 9.29 Å². The Morgan fingerprint density at radius 1 is 1.30 bits per heavy atom. The minimum absolute atomic E-state index is 0.0725. The van der Waals surface area contributed by atoms with Crippen LogP contribution < -0.4 is 0 Å².